The SMILES string of the molecule is CCNC(Cc1ccc(C)cc1)C1(OC)CCCC1. The monoisotopic (exact) mass is 261 g/mol. The first-order valence-electron chi connectivity index (χ1n) is 7.54. The minimum Gasteiger partial charge on any atom is -0.377 e. The van der Waals surface area contributed by atoms with Crippen LogP contribution in [0.4, 0.5) is 0 Å². The molecule has 2 nitrogen and oxygen atoms in total. The molecule has 0 heterocycles. The number of nitrogens with one attached hydrogen (secondary N) is 1. The molecule has 2 rings (SSSR count). The average Bonchev–Trinajstić information content (AvgIpc) is 2.91. The van der Waals surface area contributed by atoms with Crippen LogP contribution in [-0.4, -0.2) is 25.3 Å². The highest BCUT2D eigenvalue weighted by Crippen LogP contribution is 2.36. The lowest BCUT2D eigenvalue weighted by molar-refractivity contribution is -0.0351. The van der Waals surface area contributed by atoms with Crippen LogP contribution in [0.3, 0.4) is 0 Å². The highest BCUT2D eigenvalue weighted by Gasteiger charge is 2.41. The van der Waals surface area contributed by atoms with Gasteiger partial charge in [-0.25, -0.2) is 0 Å². The predicted octanol–water partition coefficient (Wildman–Crippen LogP) is 3.47. The van der Waals surface area contributed by atoms with Crippen molar-refractivity contribution in [3.05, 3.63) is 35.4 Å². The van der Waals surface area contributed by atoms with Crippen molar-refractivity contribution in [2.45, 2.75) is 57.6 Å². The smallest absolute Gasteiger partial charge is 0.0834 e. The summed E-state index contributed by atoms with van der Waals surface area (Å²) in [6, 6.07) is 9.32. The average molecular weight is 261 g/mol. The van der Waals surface area contributed by atoms with Crippen molar-refractivity contribution in [3.8, 4) is 0 Å². The zero-order valence-corrected chi connectivity index (χ0v) is 12.5. The molecule has 0 radical (unpaired) electrons. The van der Waals surface area contributed by atoms with Crippen LogP contribution in [0.5, 0.6) is 0 Å². The molecule has 1 unspecified atom stereocenters. The van der Waals surface area contributed by atoms with Gasteiger partial charge in [0.25, 0.3) is 0 Å². The molecular formula is C17H27NO. The van der Waals surface area contributed by atoms with Crippen molar-refractivity contribution in [1.82, 2.24) is 5.32 Å². The Morgan fingerprint density at radius 1 is 1.21 bits per heavy atom. The number of benzene rings is 1. The highest BCUT2D eigenvalue weighted by molar-refractivity contribution is 5.23. The van der Waals surface area contributed by atoms with E-state index in [2.05, 4.69) is 43.4 Å². The summed E-state index contributed by atoms with van der Waals surface area (Å²) in [5.74, 6) is 0. The molecule has 0 aliphatic heterocycles. The van der Waals surface area contributed by atoms with E-state index in [0.29, 0.717) is 6.04 Å². The molecule has 1 fully saturated rings. The molecule has 0 saturated heterocycles. The Bertz CT molecular complexity index is 379. The molecule has 1 N–H and O–H groups in total. The number of rotatable bonds is 6. The van der Waals surface area contributed by atoms with Gasteiger partial charge in [0, 0.05) is 13.2 Å². The zero-order valence-electron chi connectivity index (χ0n) is 12.5. The Hall–Kier alpha value is -0.860. The molecule has 19 heavy (non-hydrogen) atoms. The fraction of sp³-hybridized carbons (Fsp3) is 0.647. The number of ether oxygens (including phenoxy) is 1. The van der Waals surface area contributed by atoms with Crippen LogP contribution in [0.25, 0.3) is 0 Å². The standard InChI is InChI=1S/C17H27NO/c1-4-18-16(17(19-3)11-5-6-12-17)13-15-9-7-14(2)8-10-15/h7-10,16,18H,4-6,11-13H2,1-3H3. The fourth-order valence-electron chi connectivity index (χ4n) is 3.32. The third-order valence-electron chi connectivity index (χ3n) is 4.50. The number of hydrogen-bond acceptors (Lipinski definition) is 2. The molecule has 0 aromatic heterocycles. The summed E-state index contributed by atoms with van der Waals surface area (Å²) in [6.07, 6.45) is 6.02. The summed E-state index contributed by atoms with van der Waals surface area (Å²) in [5.41, 5.74) is 2.77. The van der Waals surface area contributed by atoms with Gasteiger partial charge in [-0.2, -0.15) is 0 Å². The lowest BCUT2D eigenvalue weighted by Crippen LogP contribution is -2.51. The lowest BCUT2D eigenvalue weighted by Gasteiger charge is -2.37. The van der Waals surface area contributed by atoms with Crippen LogP contribution in [0.2, 0.25) is 0 Å². The van der Waals surface area contributed by atoms with Gasteiger partial charge in [0.15, 0.2) is 0 Å². The highest BCUT2D eigenvalue weighted by atomic mass is 16.5. The minimum absolute atomic E-state index is 0.0426. The molecule has 1 aromatic carbocycles. The van der Waals surface area contributed by atoms with Gasteiger partial charge in [-0.3, -0.25) is 0 Å². The Morgan fingerprint density at radius 3 is 2.37 bits per heavy atom. The maximum absolute atomic E-state index is 5.95. The van der Waals surface area contributed by atoms with E-state index in [9.17, 15) is 0 Å². The number of aryl methyl sites for hydroxylation is 1. The van der Waals surface area contributed by atoms with E-state index in [-0.39, 0.29) is 5.60 Å². The van der Waals surface area contributed by atoms with Gasteiger partial charge in [0.1, 0.15) is 0 Å². The van der Waals surface area contributed by atoms with Crippen molar-refractivity contribution < 1.29 is 4.74 Å². The molecule has 0 bridgehead atoms. The summed E-state index contributed by atoms with van der Waals surface area (Å²) in [4.78, 5) is 0. The maximum Gasteiger partial charge on any atom is 0.0834 e. The minimum atomic E-state index is 0.0426. The molecule has 0 amide bonds. The molecule has 1 aliphatic rings. The Labute approximate surface area is 117 Å². The van der Waals surface area contributed by atoms with Crippen molar-refractivity contribution in [2.24, 2.45) is 0 Å². The second kappa shape index (κ2) is 6.53. The van der Waals surface area contributed by atoms with E-state index in [1.54, 1.807) is 0 Å². The lowest BCUT2D eigenvalue weighted by atomic mass is 9.87. The van der Waals surface area contributed by atoms with E-state index in [1.807, 2.05) is 7.11 Å². The van der Waals surface area contributed by atoms with Gasteiger partial charge in [0.2, 0.25) is 0 Å². The summed E-state index contributed by atoms with van der Waals surface area (Å²) in [6.45, 7) is 5.32. The van der Waals surface area contributed by atoms with Gasteiger partial charge in [-0.1, -0.05) is 49.6 Å². The largest absolute Gasteiger partial charge is 0.377 e. The summed E-state index contributed by atoms with van der Waals surface area (Å²) in [5, 5.41) is 3.65. The van der Waals surface area contributed by atoms with E-state index in [1.165, 1.54) is 36.8 Å². The number of likely N-dealkylation sites (N-methyl/N-ethyl adjacent to an activating group) is 1. The molecular weight excluding hydrogens is 234 g/mol. The molecule has 1 aromatic rings. The quantitative estimate of drug-likeness (QED) is 0.846. The third-order valence-corrected chi connectivity index (χ3v) is 4.50. The van der Waals surface area contributed by atoms with Gasteiger partial charge < -0.3 is 10.1 Å². The second-order valence-electron chi connectivity index (χ2n) is 5.78. The van der Waals surface area contributed by atoms with Gasteiger partial charge in [0.05, 0.1) is 5.60 Å². The first kappa shape index (κ1) is 14.5. The van der Waals surface area contributed by atoms with Gasteiger partial charge >= 0.3 is 0 Å². The predicted molar refractivity (Wildman–Crippen MR) is 80.6 cm³/mol. The van der Waals surface area contributed by atoms with Crippen LogP contribution in [-0.2, 0) is 11.2 Å². The van der Waals surface area contributed by atoms with Crippen LogP contribution in [0, 0.1) is 6.92 Å². The van der Waals surface area contributed by atoms with Crippen LogP contribution in [0.15, 0.2) is 24.3 Å². The summed E-state index contributed by atoms with van der Waals surface area (Å²) >= 11 is 0. The van der Waals surface area contributed by atoms with Crippen LogP contribution in [0.1, 0.15) is 43.7 Å². The summed E-state index contributed by atoms with van der Waals surface area (Å²) in [7, 11) is 1.88. The van der Waals surface area contributed by atoms with Crippen molar-refractivity contribution in [1.29, 1.82) is 0 Å². The maximum atomic E-state index is 5.95. The summed E-state index contributed by atoms with van der Waals surface area (Å²) < 4.78 is 5.95. The molecule has 0 spiro atoms. The topological polar surface area (TPSA) is 21.3 Å². The third kappa shape index (κ3) is 3.37. The van der Waals surface area contributed by atoms with Crippen molar-refractivity contribution >= 4 is 0 Å². The number of hydrogen-bond donors (Lipinski definition) is 1. The van der Waals surface area contributed by atoms with E-state index >= 15 is 0 Å². The van der Waals surface area contributed by atoms with Gasteiger partial charge in [-0.05, 0) is 38.3 Å². The zero-order chi connectivity index (χ0) is 13.7. The first-order valence-corrected chi connectivity index (χ1v) is 7.54. The van der Waals surface area contributed by atoms with Crippen molar-refractivity contribution in [3.63, 3.8) is 0 Å². The van der Waals surface area contributed by atoms with E-state index < -0.39 is 0 Å². The fourth-order valence-corrected chi connectivity index (χ4v) is 3.32. The first-order chi connectivity index (χ1) is 9.20. The Balaban J connectivity index is 2.13. The molecule has 1 aliphatic carbocycles. The second-order valence-corrected chi connectivity index (χ2v) is 5.78. The Morgan fingerprint density at radius 2 is 1.84 bits per heavy atom. The van der Waals surface area contributed by atoms with E-state index in [0.717, 1.165) is 13.0 Å². The van der Waals surface area contributed by atoms with E-state index in [4.69, 9.17) is 4.74 Å². The Kier molecular flexibility index (Phi) is 5.00. The molecule has 2 heteroatoms. The van der Waals surface area contributed by atoms with Crippen LogP contribution < -0.4 is 5.32 Å². The molecule has 106 valence electrons. The normalized spacial score (nSPS) is 19.5. The number of methoxy groups -OCH3 is 1. The van der Waals surface area contributed by atoms with Crippen molar-refractivity contribution in [2.75, 3.05) is 13.7 Å². The van der Waals surface area contributed by atoms with Crippen LogP contribution >= 0.6 is 0 Å². The molecule has 1 atom stereocenters. The van der Waals surface area contributed by atoms with Gasteiger partial charge in [-0.15, -0.1) is 0 Å². The molecule has 1 saturated carbocycles.